The first kappa shape index (κ1) is 50.9. The fraction of sp³-hybridized carbons (Fsp3) is 0.762. The molecule has 0 radical (unpaired) electrons. The highest BCUT2D eigenvalue weighted by Gasteiger charge is 2.27. The molecular formula is C42H75O10P. The van der Waals surface area contributed by atoms with E-state index in [1.807, 2.05) is 0 Å². The molecule has 53 heavy (non-hydrogen) atoms. The first-order chi connectivity index (χ1) is 25.7. The van der Waals surface area contributed by atoms with Crippen molar-refractivity contribution in [1.82, 2.24) is 0 Å². The maximum absolute atomic E-state index is 12.6. The number of carbonyl (C=O) groups is 2. The molecule has 0 rings (SSSR count). The number of aliphatic hydroxyl groups is 2. The quantitative estimate of drug-likeness (QED) is 0.0240. The minimum absolute atomic E-state index is 0.159. The molecule has 3 atom stereocenters. The van der Waals surface area contributed by atoms with Crippen molar-refractivity contribution >= 4 is 19.8 Å². The summed E-state index contributed by atoms with van der Waals surface area (Å²) in [7, 11) is -4.62. The van der Waals surface area contributed by atoms with Crippen LogP contribution >= 0.6 is 7.82 Å². The standard InChI is InChI=1S/C42H75O10P/c1-3-5-7-9-11-13-15-17-19-21-23-25-27-29-31-33-41(45)49-37-40(38-51-53(47,48)50-36-39(44)35-43)52-42(46)34-32-30-28-26-24-22-20-18-16-14-12-10-8-6-4-2/h6,8,12,14,18,20,23,25,39-40,43-44H,3-5,7,9-11,13,15-17,19,21-22,24,26-38H2,1-2H3,(H,47,48)/b8-6+,14-12+,20-18+,25-23+/t39-,40+/m0/s1. The second kappa shape index (κ2) is 38.2. The summed E-state index contributed by atoms with van der Waals surface area (Å²) < 4.78 is 32.6. The Morgan fingerprint density at radius 2 is 1.04 bits per heavy atom. The van der Waals surface area contributed by atoms with Crippen molar-refractivity contribution < 1.29 is 47.8 Å². The number of phosphoric acid groups is 1. The van der Waals surface area contributed by atoms with Crippen molar-refractivity contribution in [1.29, 1.82) is 0 Å². The van der Waals surface area contributed by atoms with Gasteiger partial charge in [0.15, 0.2) is 6.10 Å². The van der Waals surface area contributed by atoms with Crippen LogP contribution in [0.25, 0.3) is 0 Å². The van der Waals surface area contributed by atoms with Crippen LogP contribution in [0.3, 0.4) is 0 Å². The molecule has 0 bridgehead atoms. The first-order valence-electron chi connectivity index (χ1n) is 20.6. The molecule has 0 aromatic heterocycles. The summed E-state index contributed by atoms with van der Waals surface area (Å²) in [6.07, 6.45) is 39.4. The molecular weight excluding hydrogens is 695 g/mol. The number of phosphoric ester groups is 1. The van der Waals surface area contributed by atoms with Gasteiger partial charge in [-0.1, -0.05) is 133 Å². The minimum atomic E-state index is -4.62. The van der Waals surface area contributed by atoms with E-state index in [0.717, 1.165) is 70.6 Å². The van der Waals surface area contributed by atoms with Gasteiger partial charge in [0.25, 0.3) is 0 Å². The molecule has 1 unspecified atom stereocenters. The highest BCUT2D eigenvalue weighted by molar-refractivity contribution is 7.47. The highest BCUT2D eigenvalue weighted by Crippen LogP contribution is 2.43. The van der Waals surface area contributed by atoms with E-state index in [-0.39, 0.29) is 19.4 Å². The van der Waals surface area contributed by atoms with Gasteiger partial charge in [0.1, 0.15) is 12.7 Å². The van der Waals surface area contributed by atoms with Crippen LogP contribution in [0.1, 0.15) is 168 Å². The number of rotatable bonds is 38. The van der Waals surface area contributed by atoms with Gasteiger partial charge >= 0.3 is 19.8 Å². The lowest BCUT2D eigenvalue weighted by atomic mass is 10.1. The molecule has 308 valence electrons. The largest absolute Gasteiger partial charge is 0.472 e. The summed E-state index contributed by atoms with van der Waals surface area (Å²) in [5, 5.41) is 18.3. The number of carbonyl (C=O) groups excluding carboxylic acids is 2. The van der Waals surface area contributed by atoms with Gasteiger partial charge in [-0.25, -0.2) is 4.57 Å². The third-order valence-electron chi connectivity index (χ3n) is 8.47. The molecule has 0 saturated carbocycles. The van der Waals surface area contributed by atoms with E-state index in [9.17, 15) is 24.2 Å². The van der Waals surface area contributed by atoms with Gasteiger partial charge in [-0.15, -0.1) is 0 Å². The van der Waals surface area contributed by atoms with Crippen molar-refractivity contribution in [3.8, 4) is 0 Å². The topological polar surface area (TPSA) is 149 Å². The van der Waals surface area contributed by atoms with E-state index < -0.39 is 51.8 Å². The van der Waals surface area contributed by atoms with E-state index >= 15 is 0 Å². The Morgan fingerprint density at radius 3 is 1.62 bits per heavy atom. The van der Waals surface area contributed by atoms with E-state index in [4.69, 9.17) is 19.1 Å². The summed E-state index contributed by atoms with van der Waals surface area (Å²) in [4.78, 5) is 34.9. The van der Waals surface area contributed by atoms with Crippen LogP contribution in [-0.2, 0) is 32.7 Å². The zero-order chi connectivity index (χ0) is 39.1. The Kier molecular flexibility index (Phi) is 36.7. The molecule has 0 amide bonds. The van der Waals surface area contributed by atoms with Gasteiger partial charge in [0, 0.05) is 12.8 Å². The van der Waals surface area contributed by atoms with Crippen LogP contribution in [0.15, 0.2) is 48.6 Å². The van der Waals surface area contributed by atoms with Crippen LogP contribution in [-0.4, -0.2) is 65.7 Å². The number of allylic oxidation sites excluding steroid dienone is 8. The SMILES string of the molecule is CC/C=C/C/C=C/C/C=C/CCCCCCCC(=O)O[C@H](COC(=O)CCCC/C=C/CCCCCCCCCCC)COP(=O)(O)OC[C@@H](O)CO. The number of unbranched alkanes of at least 4 members (excludes halogenated alkanes) is 16. The third-order valence-corrected chi connectivity index (χ3v) is 9.42. The van der Waals surface area contributed by atoms with E-state index in [2.05, 4.69) is 67.0 Å². The Bertz CT molecular complexity index is 1030. The summed E-state index contributed by atoms with van der Waals surface area (Å²) in [5.74, 6) is -0.972. The lowest BCUT2D eigenvalue weighted by Gasteiger charge is -2.20. The van der Waals surface area contributed by atoms with Gasteiger partial charge < -0.3 is 24.6 Å². The van der Waals surface area contributed by atoms with Crippen LogP contribution in [0.2, 0.25) is 0 Å². The number of aliphatic hydroxyl groups excluding tert-OH is 2. The smallest absolute Gasteiger partial charge is 0.462 e. The van der Waals surface area contributed by atoms with E-state index in [1.165, 1.54) is 57.8 Å². The zero-order valence-corrected chi connectivity index (χ0v) is 34.1. The van der Waals surface area contributed by atoms with Crippen molar-refractivity contribution in [3.05, 3.63) is 48.6 Å². The molecule has 10 nitrogen and oxygen atoms in total. The van der Waals surface area contributed by atoms with E-state index in [1.54, 1.807) is 0 Å². The lowest BCUT2D eigenvalue weighted by Crippen LogP contribution is -2.29. The van der Waals surface area contributed by atoms with Crippen molar-refractivity contribution in [2.45, 2.75) is 180 Å². The monoisotopic (exact) mass is 771 g/mol. The molecule has 0 heterocycles. The first-order valence-corrected chi connectivity index (χ1v) is 22.1. The average Bonchev–Trinajstić information content (AvgIpc) is 3.14. The molecule has 0 aliphatic carbocycles. The predicted molar refractivity (Wildman–Crippen MR) is 214 cm³/mol. The minimum Gasteiger partial charge on any atom is -0.462 e. The van der Waals surface area contributed by atoms with Crippen LogP contribution in [0, 0.1) is 0 Å². The Labute approximate surface area is 322 Å². The number of hydrogen-bond donors (Lipinski definition) is 3. The molecule has 0 fully saturated rings. The van der Waals surface area contributed by atoms with Gasteiger partial charge in [0.2, 0.25) is 0 Å². The van der Waals surface area contributed by atoms with Crippen LogP contribution < -0.4 is 0 Å². The second-order valence-electron chi connectivity index (χ2n) is 13.6. The van der Waals surface area contributed by atoms with E-state index in [0.29, 0.717) is 12.8 Å². The molecule has 11 heteroatoms. The molecule has 0 aliphatic rings. The Hall–Kier alpha value is -2.07. The van der Waals surface area contributed by atoms with Crippen molar-refractivity contribution in [3.63, 3.8) is 0 Å². The van der Waals surface area contributed by atoms with Crippen molar-refractivity contribution in [2.24, 2.45) is 0 Å². The predicted octanol–water partition coefficient (Wildman–Crippen LogP) is 10.6. The molecule has 0 aromatic rings. The fourth-order valence-corrected chi connectivity index (χ4v) is 6.08. The summed E-state index contributed by atoms with van der Waals surface area (Å²) in [6, 6.07) is 0. The van der Waals surface area contributed by atoms with Crippen LogP contribution in [0.5, 0.6) is 0 Å². The second-order valence-corrected chi connectivity index (χ2v) is 15.1. The Morgan fingerprint density at radius 1 is 0.585 bits per heavy atom. The van der Waals surface area contributed by atoms with Gasteiger partial charge in [0.05, 0.1) is 19.8 Å². The molecule has 0 spiro atoms. The Balaban J connectivity index is 4.39. The van der Waals surface area contributed by atoms with Gasteiger partial charge in [-0.05, 0) is 70.6 Å². The van der Waals surface area contributed by atoms with Crippen LogP contribution in [0.4, 0.5) is 0 Å². The number of ether oxygens (including phenoxy) is 2. The summed E-state index contributed by atoms with van der Waals surface area (Å²) in [6.45, 7) is 2.21. The average molecular weight is 771 g/mol. The normalized spacial score (nSPS) is 14.4. The highest BCUT2D eigenvalue weighted by atomic mass is 31.2. The fourth-order valence-electron chi connectivity index (χ4n) is 5.30. The zero-order valence-electron chi connectivity index (χ0n) is 33.2. The van der Waals surface area contributed by atoms with Crippen molar-refractivity contribution in [2.75, 3.05) is 26.4 Å². The molecule has 0 aliphatic heterocycles. The molecule has 0 aromatic carbocycles. The third kappa shape index (κ3) is 38.0. The number of esters is 2. The lowest BCUT2D eigenvalue weighted by molar-refractivity contribution is -0.161. The maximum atomic E-state index is 12.6. The number of hydrogen-bond acceptors (Lipinski definition) is 9. The molecule has 3 N–H and O–H groups in total. The summed E-state index contributed by atoms with van der Waals surface area (Å²) in [5.41, 5.74) is 0. The van der Waals surface area contributed by atoms with Gasteiger partial charge in [-0.2, -0.15) is 0 Å². The maximum Gasteiger partial charge on any atom is 0.472 e. The van der Waals surface area contributed by atoms with Gasteiger partial charge in [-0.3, -0.25) is 18.6 Å². The summed E-state index contributed by atoms with van der Waals surface area (Å²) >= 11 is 0. The molecule has 0 saturated heterocycles.